The van der Waals surface area contributed by atoms with Crippen LogP contribution in [0.15, 0.2) is 41.3 Å². The fraction of sp³-hybridized carbons (Fsp3) is 0.316. The number of sulfonamides is 1. The Labute approximate surface area is 154 Å². The standard InChI is InChI=1S/C19H23N3O3S/c1-13-5-7-16(26(20,24)25)12-17(13)19(23)21-18-8-6-15(11-14(18)2)22-9-3-4-10-22/h5-8,11-12H,3-4,9-10H2,1-2H3,(H,21,23)(H2,20,24,25). The minimum absolute atomic E-state index is 0.0747. The molecule has 2 aromatic carbocycles. The minimum atomic E-state index is -3.86. The van der Waals surface area contributed by atoms with Crippen molar-refractivity contribution in [3.63, 3.8) is 0 Å². The Morgan fingerprint density at radius 2 is 1.73 bits per heavy atom. The number of carbonyl (C=O) groups excluding carboxylic acids is 1. The summed E-state index contributed by atoms with van der Waals surface area (Å²) in [4.78, 5) is 14.9. The molecule has 0 radical (unpaired) electrons. The lowest BCUT2D eigenvalue weighted by molar-refractivity contribution is 0.102. The summed E-state index contributed by atoms with van der Waals surface area (Å²) in [5, 5.41) is 8.04. The van der Waals surface area contributed by atoms with Crippen molar-refractivity contribution in [1.82, 2.24) is 0 Å². The van der Waals surface area contributed by atoms with E-state index in [9.17, 15) is 13.2 Å². The van der Waals surface area contributed by atoms with Gasteiger partial charge in [-0.3, -0.25) is 4.79 Å². The second kappa shape index (κ2) is 7.09. The molecule has 1 aliphatic heterocycles. The van der Waals surface area contributed by atoms with E-state index >= 15 is 0 Å². The molecule has 1 aliphatic rings. The first-order chi connectivity index (χ1) is 12.3. The summed E-state index contributed by atoms with van der Waals surface area (Å²) in [6.07, 6.45) is 2.41. The Hall–Kier alpha value is -2.38. The third kappa shape index (κ3) is 3.89. The smallest absolute Gasteiger partial charge is 0.255 e. The SMILES string of the molecule is Cc1cc(N2CCCC2)ccc1NC(=O)c1cc(S(N)(=O)=O)ccc1C. The Morgan fingerprint density at radius 3 is 2.35 bits per heavy atom. The number of rotatable bonds is 4. The number of primary sulfonamides is 1. The van der Waals surface area contributed by atoms with Crippen LogP contribution in [0.3, 0.4) is 0 Å². The van der Waals surface area contributed by atoms with Gasteiger partial charge in [0.05, 0.1) is 4.90 Å². The van der Waals surface area contributed by atoms with Gasteiger partial charge in [-0.2, -0.15) is 0 Å². The molecule has 0 unspecified atom stereocenters. The van der Waals surface area contributed by atoms with E-state index in [2.05, 4.69) is 16.3 Å². The summed E-state index contributed by atoms with van der Waals surface area (Å²) >= 11 is 0. The molecule has 0 bridgehead atoms. The zero-order valence-electron chi connectivity index (χ0n) is 15.0. The molecule has 0 atom stereocenters. The number of benzene rings is 2. The van der Waals surface area contributed by atoms with Crippen molar-refractivity contribution >= 4 is 27.3 Å². The van der Waals surface area contributed by atoms with E-state index in [1.54, 1.807) is 13.0 Å². The topological polar surface area (TPSA) is 92.5 Å². The van der Waals surface area contributed by atoms with Crippen LogP contribution in [0.25, 0.3) is 0 Å². The fourth-order valence-corrected chi connectivity index (χ4v) is 3.71. The van der Waals surface area contributed by atoms with Gasteiger partial charge in [0.15, 0.2) is 0 Å². The van der Waals surface area contributed by atoms with Crippen LogP contribution >= 0.6 is 0 Å². The Morgan fingerprint density at radius 1 is 1.04 bits per heavy atom. The summed E-state index contributed by atoms with van der Waals surface area (Å²) in [6.45, 7) is 5.82. The van der Waals surface area contributed by atoms with Gasteiger partial charge >= 0.3 is 0 Å². The van der Waals surface area contributed by atoms with Crippen LogP contribution in [0.2, 0.25) is 0 Å². The average molecular weight is 373 g/mol. The fourth-order valence-electron chi connectivity index (χ4n) is 3.17. The van der Waals surface area contributed by atoms with Crippen molar-refractivity contribution in [1.29, 1.82) is 0 Å². The van der Waals surface area contributed by atoms with Gasteiger partial charge in [-0.15, -0.1) is 0 Å². The van der Waals surface area contributed by atoms with Crippen LogP contribution in [0.1, 0.15) is 34.3 Å². The summed E-state index contributed by atoms with van der Waals surface area (Å²) < 4.78 is 23.1. The van der Waals surface area contributed by atoms with Crippen LogP contribution in [0.5, 0.6) is 0 Å². The number of amides is 1. The molecular formula is C19H23N3O3S. The molecule has 7 heteroatoms. The normalized spacial score (nSPS) is 14.5. The van der Waals surface area contributed by atoms with Crippen LogP contribution < -0.4 is 15.4 Å². The quantitative estimate of drug-likeness (QED) is 0.862. The second-order valence-corrected chi connectivity index (χ2v) is 8.23. The highest BCUT2D eigenvalue weighted by atomic mass is 32.2. The zero-order valence-corrected chi connectivity index (χ0v) is 15.8. The van der Waals surface area contributed by atoms with Crippen molar-refractivity contribution < 1.29 is 13.2 Å². The van der Waals surface area contributed by atoms with Gasteiger partial charge in [0.2, 0.25) is 10.0 Å². The van der Waals surface area contributed by atoms with E-state index in [1.807, 2.05) is 19.1 Å². The average Bonchev–Trinajstić information content (AvgIpc) is 3.10. The lowest BCUT2D eigenvalue weighted by Crippen LogP contribution is -2.19. The molecule has 1 heterocycles. The first-order valence-corrected chi connectivity index (χ1v) is 10.1. The molecule has 2 aromatic rings. The van der Waals surface area contributed by atoms with Crippen LogP contribution in [0, 0.1) is 13.8 Å². The molecule has 1 fully saturated rings. The molecule has 6 nitrogen and oxygen atoms in total. The van der Waals surface area contributed by atoms with Gasteiger partial charge in [-0.25, -0.2) is 13.6 Å². The third-order valence-electron chi connectivity index (χ3n) is 4.71. The zero-order chi connectivity index (χ0) is 18.9. The largest absolute Gasteiger partial charge is 0.372 e. The third-order valence-corrected chi connectivity index (χ3v) is 5.62. The number of carbonyl (C=O) groups is 1. The predicted octanol–water partition coefficient (Wildman–Crippen LogP) is 2.80. The van der Waals surface area contributed by atoms with Gasteiger partial charge in [-0.1, -0.05) is 6.07 Å². The van der Waals surface area contributed by atoms with E-state index in [1.165, 1.54) is 25.0 Å². The van der Waals surface area contributed by atoms with E-state index < -0.39 is 10.0 Å². The highest BCUT2D eigenvalue weighted by Gasteiger charge is 2.17. The van der Waals surface area contributed by atoms with E-state index in [0.717, 1.165) is 24.3 Å². The molecule has 0 saturated carbocycles. The summed E-state index contributed by atoms with van der Waals surface area (Å²) in [5.41, 5.74) is 3.80. The number of anilines is 2. The maximum absolute atomic E-state index is 12.7. The van der Waals surface area contributed by atoms with Gasteiger partial charge in [-0.05, 0) is 68.1 Å². The predicted molar refractivity (Wildman–Crippen MR) is 103 cm³/mol. The molecule has 3 rings (SSSR count). The van der Waals surface area contributed by atoms with Crippen LogP contribution in [-0.2, 0) is 10.0 Å². The van der Waals surface area contributed by atoms with Crippen molar-refractivity contribution in [3.05, 3.63) is 53.1 Å². The molecule has 26 heavy (non-hydrogen) atoms. The van der Waals surface area contributed by atoms with Crippen molar-refractivity contribution in [2.75, 3.05) is 23.3 Å². The molecule has 138 valence electrons. The van der Waals surface area contributed by atoms with Gasteiger partial charge in [0.25, 0.3) is 5.91 Å². The molecule has 0 aliphatic carbocycles. The monoisotopic (exact) mass is 373 g/mol. The van der Waals surface area contributed by atoms with Crippen molar-refractivity contribution in [3.8, 4) is 0 Å². The lowest BCUT2D eigenvalue weighted by Gasteiger charge is -2.19. The Balaban J connectivity index is 1.84. The number of aryl methyl sites for hydroxylation is 2. The molecule has 3 N–H and O–H groups in total. The van der Waals surface area contributed by atoms with E-state index in [-0.39, 0.29) is 10.8 Å². The molecular weight excluding hydrogens is 350 g/mol. The molecule has 1 saturated heterocycles. The lowest BCUT2D eigenvalue weighted by atomic mass is 10.1. The highest BCUT2D eigenvalue weighted by molar-refractivity contribution is 7.89. The molecule has 0 aromatic heterocycles. The Kier molecular flexibility index (Phi) is 5.02. The minimum Gasteiger partial charge on any atom is -0.372 e. The van der Waals surface area contributed by atoms with Gasteiger partial charge in [0, 0.05) is 30.0 Å². The summed E-state index contributed by atoms with van der Waals surface area (Å²) in [5.74, 6) is -0.356. The van der Waals surface area contributed by atoms with Crippen molar-refractivity contribution in [2.45, 2.75) is 31.6 Å². The van der Waals surface area contributed by atoms with Crippen molar-refractivity contribution in [2.24, 2.45) is 5.14 Å². The maximum Gasteiger partial charge on any atom is 0.255 e. The first-order valence-electron chi connectivity index (χ1n) is 8.56. The summed E-state index contributed by atoms with van der Waals surface area (Å²) in [6, 6.07) is 10.2. The van der Waals surface area contributed by atoms with E-state index in [4.69, 9.17) is 5.14 Å². The highest BCUT2D eigenvalue weighted by Crippen LogP contribution is 2.26. The number of hydrogen-bond donors (Lipinski definition) is 2. The number of nitrogens with one attached hydrogen (secondary N) is 1. The number of hydrogen-bond acceptors (Lipinski definition) is 4. The van der Waals surface area contributed by atoms with E-state index in [0.29, 0.717) is 16.8 Å². The number of nitrogens with zero attached hydrogens (tertiary/aromatic N) is 1. The Bertz CT molecular complexity index is 948. The number of nitrogens with two attached hydrogens (primary N) is 1. The summed E-state index contributed by atoms with van der Waals surface area (Å²) in [7, 11) is -3.86. The first kappa shape index (κ1) is 18.4. The second-order valence-electron chi connectivity index (χ2n) is 6.67. The maximum atomic E-state index is 12.7. The molecule has 1 amide bonds. The van der Waals surface area contributed by atoms with Gasteiger partial charge < -0.3 is 10.2 Å². The van der Waals surface area contributed by atoms with Crippen LogP contribution in [0.4, 0.5) is 11.4 Å². The van der Waals surface area contributed by atoms with Gasteiger partial charge in [0.1, 0.15) is 0 Å². The van der Waals surface area contributed by atoms with Crippen LogP contribution in [-0.4, -0.2) is 27.4 Å². The molecule has 0 spiro atoms.